The molecule has 1 unspecified atom stereocenters. The first kappa shape index (κ1) is 14.1. The van der Waals surface area contributed by atoms with Crippen LogP contribution in [0.4, 0.5) is 5.69 Å². The van der Waals surface area contributed by atoms with Crippen molar-refractivity contribution in [1.82, 2.24) is 5.32 Å². The molecule has 0 saturated carbocycles. The Labute approximate surface area is 129 Å². The molecule has 1 amide bonds. The number of hydrogen-bond donors (Lipinski definition) is 2. The lowest BCUT2D eigenvalue weighted by atomic mass is 9.90. The molecule has 1 atom stereocenters. The molecule has 0 radical (unpaired) electrons. The number of nitrogens with one attached hydrogen (secondary N) is 2. The first-order chi connectivity index (χ1) is 10.1. The van der Waals surface area contributed by atoms with Gasteiger partial charge in [-0.25, -0.2) is 0 Å². The highest BCUT2D eigenvalue weighted by Gasteiger charge is 2.26. The van der Waals surface area contributed by atoms with E-state index in [0.29, 0.717) is 17.3 Å². The first-order valence-electron chi connectivity index (χ1n) is 7.00. The molecule has 0 saturated heterocycles. The highest BCUT2D eigenvalue weighted by atomic mass is 35.5. The molecule has 0 aliphatic carbocycles. The standard InChI is InChI=1S/C17H17ClN2O/c1-11-6-7-15(18)16(8-11)20-17(21)14-10-19-9-12-4-2-3-5-13(12)14/h2-8,14,19H,9-10H2,1H3,(H,20,21). The Balaban J connectivity index is 1.85. The number of carbonyl (C=O) groups excluding carboxylic acids is 1. The smallest absolute Gasteiger partial charge is 0.233 e. The van der Waals surface area contributed by atoms with Crippen molar-refractivity contribution in [2.45, 2.75) is 19.4 Å². The normalized spacial score (nSPS) is 17.1. The van der Waals surface area contributed by atoms with Gasteiger partial charge in [-0.2, -0.15) is 0 Å². The van der Waals surface area contributed by atoms with Crippen LogP contribution < -0.4 is 10.6 Å². The summed E-state index contributed by atoms with van der Waals surface area (Å²) in [7, 11) is 0. The van der Waals surface area contributed by atoms with Gasteiger partial charge in [0.25, 0.3) is 0 Å². The second-order valence-electron chi connectivity index (χ2n) is 5.35. The molecule has 0 bridgehead atoms. The zero-order valence-electron chi connectivity index (χ0n) is 11.8. The molecule has 4 heteroatoms. The molecule has 1 heterocycles. The van der Waals surface area contributed by atoms with Gasteiger partial charge < -0.3 is 10.6 Å². The molecule has 21 heavy (non-hydrogen) atoms. The van der Waals surface area contributed by atoms with E-state index in [1.54, 1.807) is 6.07 Å². The van der Waals surface area contributed by atoms with Crippen LogP contribution in [0.5, 0.6) is 0 Å². The lowest BCUT2D eigenvalue weighted by Crippen LogP contribution is -2.35. The summed E-state index contributed by atoms with van der Waals surface area (Å²) in [6.45, 7) is 3.43. The van der Waals surface area contributed by atoms with E-state index in [9.17, 15) is 4.79 Å². The summed E-state index contributed by atoms with van der Waals surface area (Å²) in [5.74, 6) is -0.214. The quantitative estimate of drug-likeness (QED) is 0.891. The van der Waals surface area contributed by atoms with E-state index < -0.39 is 0 Å². The van der Waals surface area contributed by atoms with Gasteiger partial charge in [0.1, 0.15) is 0 Å². The Bertz CT molecular complexity index is 684. The largest absolute Gasteiger partial charge is 0.324 e. The maximum absolute atomic E-state index is 12.6. The molecule has 3 nitrogen and oxygen atoms in total. The number of amides is 1. The fraction of sp³-hybridized carbons (Fsp3) is 0.235. The lowest BCUT2D eigenvalue weighted by molar-refractivity contribution is -0.117. The van der Waals surface area contributed by atoms with Crippen LogP contribution in [0.15, 0.2) is 42.5 Å². The third kappa shape index (κ3) is 2.94. The van der Waals surface area contributed by atoms with Gasteiger partial charge in [0.05, 0.1) is 16.6 Å². The van der Waals surface area contributed by atoms with Crippen molar-refractivity contribution in [3.63, 3.8) is 0 Å². The Morgan fingerprint density at radius 1 is 1.29 bits per heavy atom. The van der Waals surface area contributed by atoms with Crippen LogP contribution >= 0.6 is 11.6 Å². The molecule has 3 rings (SSSR count). The van der Waals surface area contributed by atoms with E-state index >= 15 is 0 Å². The lowest BCUT2D eigenvalue weighted by Gasteiger charge is -2.25. The number of anilines is 1. The van der Waals surface area contributed by atoms with Gasteiger partial charge in [0.15, 0.2) is 0 Å². The SMILES string of the molecule is Cc1ccc(Cl)c(NC(=O)C2CNCc3ccccc32)c1. The Hall–Kier alpha value is -1.84. The second kappa shape index (κ2) is 5.88. The summed E-state index contributed by atoms with van der Waals surface area (Å²) < 4.78 is 0. The number of rotatable bonds is 2. The maximum atomic E-state index is 12.6. The molecule has 1 aliphatic rings. The fourth-order valence-electron chi connectivity index (χ4n) is 2.68. The summed E-state index contributed by atoms with van der Waals surface area (Å²) in [6, 6.07) is 13.7. The summed E-state index contributed by atoms with van der Waals surface area (Å²) in [4.78, 5) is 12.6. The average molecular weight is 301 g/mol. The van der Waals surface area contributed by atoms with Gasteiger partial charge in [-0.05, 0) is 35.7 Å². The van der Waals surface area contributed by atoms with Gasteiger partial charge in [0, 0.05) is 13.1 Å². The Morgan fingerprint density at radius 3 is 2.95 bits per heavy atom. The highest BCUT2D eigenvalue weighted by molar-refractivity contribution is 6.33. The van der Waals surface area contributed by atoms with Crippen molar-refractivity contribution in [3.05, 3.63) is 64.2 Å². The summed E-state index contributed by atoms with van der Waals surface area (Å²) in [5.41, 5.74) is 4.01. The predicted molar refractivity (Wildman–Crippen MR) is 85.7 cm³/mol. The zero-order chi connectivity index (χ0) is 14.8. The van der Waals surface area contributed by atoms with Crippen LogP contribution in [0.25, 0.3) is 0 Å². The molecule has 0 aromatic heterocycles. The van der Waals surface area contributed by atoms with Gasteiger partial charge in [0.2, 0.25) is 5.91 Å². The number of benzene rings is 2. The molecule has 0 fully saturated rings. The van der Waals surface area contributed by atoms with Gasteiger partial charge in [-0.1, -0.05) is 41.9 Å². The predicted octanol–water partition coefficient (Wildman–Crippen LogP) is 3.47. The minimum absolute atomic E-state index is 0.0258. The number of carbonyl (C=O) groups is 1. The van der Waals surface area contributed by atoms with E-state index in [1.165, 1.54) is 5.56 Å². The van der Waals surface area contributed by atoms with Gasteiger partial charge in [-0.3, -0.25) is 4.79 Å². The van der Waals surface area contributed by atoms with E-state index in [2.05, 4.69) is 16.7 Å². The van der Waals surface area contributed by atoms with Crippen LogP contribution in [-0.2, 0) is 11.3 Å². The van der Waals surface area contributed by atoms with Gasteiger partial charge >= 0.3 is 0 Å². The van der Waals surface area contributed by atoms with Crippen molar-refractivity contribution in [2.75, 3.05) is 11.9 Å². The molecule has 108 valence electrons. The average Bonchev–Trinajstić information content (AvgIpc) is 2.50. The van der Waals surface area contributed by atoms with Crippen LogP contribution in [0.1, 0.15) is 22.6 Å². The fourth-order valence-corrected chi connectivity index (χ4v) is 2.85. The van der Waals surface area contributed by atoms with E-state index in [0.717, 1.165) is 17.7 Å². The minimum atomic E-state index is -0.188. The van der Waals surface area contributed by atoms with Gasteiger partial charge in [-0.15, -0.1) is 0 Å². The van der Waals surface area contributed by atoms with Crippen LogP contribution in [0, 0.1) is 6.92 Å². The molecule has 0 spiro atoms. The monoisotopic (exact) mass is 300 g/mol. The first-order valence-corrected chi connectivity index (χ1v) is 7.38. The van der Waals surface area contributed by atoms with Crippen LogP contribution in [-0.4, -0.2) is 12.5 Å². The molecule has 2 aromatic carbocycles. The van der Waals surface area contributed by atoms with E-state index in [1.807, 2.05) is 37.3 Å². The maximum Gasteiger partial charge on any atom is 0.233 e. The van der Waals surface area contributed by atoms with Crippen molar-refractivity contribution in [3.8, 4) is 0 Å². The molecule has 2 N–H and O–H groups in total. The second-order valence-corrected chi connectivity index (χ2v) is 5.76. The number of fused-ring (bicyclic) bond motifs is 1. The number of halogens is 1. The topological polar surface area (TPSA) is 41.1 Å². The number of hydrogen-bond acceptors (Lipinski definition) is 2. The molecular weight excluding hydrogens is 284 g/mol. The summed E-state index contributed by atoms with van der Waals surface area (Å²) >= 11 is 6.15. The third-order valence-corrected chi connectivity index (χ3v) is 4.12. The zero-order valence-corrected chi connectivity index (χ0v) is 12.6. The summed E-state index contributed by atoms with van der Waals surface area (Å²) in [5, 5.41) is 6.80. The summed E-state index contributed by atoms with van der Waals surface area (Å²) in [6.07, 6.45) is 0. The van der Waals surface area contributed by atoms with Crippen LogP contribution in [0.2, 0.25) is 5.02 Å². The Kier molecular flexibility index (Phi) is 3.95. The van der Waals surface area contributed by atoms with E-state index in [4.69, 9.17) is 11.6 Å². The molecular formula is C17H17ClN2O. The van der Waals surface area contributed by atoms with Crippen molar-refractivity contribution in [1.29, 1.82) is 0 Å². The molecule has 2 aromatic rings. The number of aryl methyl sites for hydroxylation is 1. The highest BCUT2D eigenvalue weighted by Crippen LogP contribution is 2.28. The molecule has 1 aliphatic heterocycles. The van der Waals surface area contributed by atoms with Crippen LogP contribution in [0.3, 0.4) is 0 Å². The van der Waals surface area contributed by atoms with E-state index in [-0.39, 0.29) is 11.8 Å². The Morgan fingerprint density at radius 2 is 2.10 bits per heavy atom. The van der Waals surface area contributed by atoms with Crippen molar-refractivity contribution < 1.29 is 4.79 Å². The minimum Gasteiger partial charge on any atom is -0.324 e. The third-order valence-electron chi connectivity index (χ3n) is 3.79. The van der Waals surface area contributed by atoms with Crippen molar-refractivity contribution in [2.24, 2.45) is 0 Å². The van der Waals surface area contributed by atoms with Crippen molar-refractivity contribution >= 4 is 23.2 Å².